The second-order valence-electron chi connectivity index (χ2n) is 4.53. The van der Waals surface area contributed by atoms with Gasteiger partial charge in [0.05, 0.1) is 18.9 Å². The lowest BCUT2D eigenvalue weighted by molar-refractivity contribution is 0.249. The third-order valence-corrected chi connectivity index (χ3v) is 2.62. The zero-order valence-electron chi connectivity index (χ0n) is 12.8. The van der Waals surface area contributed by atoms with Crippen LogP contribution in [0.4, 0.5) is 4.79 Å². The van der Waals surface area contributed by atoms with Gasteiger partial charge in [0.1, 0.15) is 0 Å². The predicted octanol–water partition coefficient (Wildman–Crippen LogP) is 2.66. The van der Waals surface area contributed by atoms with Crippen molar-refractivity contribution >= 4 is 11.7 Å². The Bertz CT molecular complexity index is 501. The van der Waals surface area contributed by atoms with Crippen molar-refractivity contribution in [3.63, 3.8) is 0 Å². The quantitative estimate of drug-likeness (QED) is 0.570. The van der Waals surface area contributed by atoms with Crippen molar-refractivity contribution in [3.8, 4) is 11.5 Å². The highest BCUT2D eigenvalue weighted by molar-refractivity contribution is 5.99. The molecule has 21 heavy (non-hydrogen) atoms. The van der Waals surface area contributed by atoms with E-state index < -0.39 is 6.03 Å². The number of hydrazone groups is 1. The largest absolute Gasteiger partial charge is 0.490 e. The number of nitrogens with one attached hydrogen (secondary N) is 1. The minimum Gasteiger partial charge on any atom is -0.490 e. The molecule has 0 fully saturated rings. The van der Waals surface area contributed by atoms with Crippen LogP contribution in [0.5, 0.6) is 11.5 Å². The van der Waals surface area contributed by atoms with E-state index in [1.807, 2.05) is 32.0 Å². The lowest BCUT2D eigenvalue weighted by atomic mass is 10.1. The fourth-order valence-corrected chi connectivity index (χ4v) is 1.59. The van der Waals surface area contributed by atoms with Gasteiger partial charge in [0.15, 0.2) is 11.5 Å². The van der Waals surface area contributed by atoms with Crippen LogP contribution in [-0.4, -0.2) is 25.0 Å². The van der Waals surface area contributed by atoms with E-state index in [9.17, 15) is 4.79 Å². The smallest absolute Gasteiger partial charge is 0.332 e. The molecule has 0 aromatic heterocycles. The van der Waals surface area contributed by atoms with Crippen molar-refractivity contribution in [2.75, 3.05) is 13.2 Å². The zero-order valence-corrected chi connectivity index (χ0v) is 12.8. The number of nitrogens with zero attached hydrogens (tertiary/aromatic N) is 1. The molecule has 0 saturated heterocycles. The number of rotatable bonds is 8. The molecule has 6 heteroatoms. The van der Waals surface area contributed by atoms with Crippen molar-refractivity contribution in [2.24, 2.45) is 10.8 Å². The summed E-state index contributed by atoms with van der Waals surface area (Å²) in [6, 6.07) is 4.87. The van der Waals surface area contributed by atoms with Crippen LogP contribution in [0.25, 0.3) is 0 Å². The van der Waals surface area contributed by atoms with Crippen LogP contribution in [0, 0.1) is 0 Å². The topological polar surface area (TPSA) is 85.9 Å². The van der Waals surface area contributed by atoms with Gasteiger partial charge in [-0.3, -0.25) is 0 Å². The summed E-state index contributed by atoms with van der Waals surface area (Å²) in [5, 5.41) is 3.90. The Kier molecular flexibility index (Phi) is 7.08. The molecule has 1 aromatic rings. The molecule has 0 aliphatic carbocycles. The van der Waals surface area contributed by atoms with Crippen molar-refractivity contribution in [1.29, 1.82) is 0 Å². The molecule has 116 valence electrons. The SMILES string of the molecule is CCCOc1ccc(C(C)=NNC(N)=O)cc1OCCC. The molecule has 3 N–H and O–H groups in total. The fourth-order valence-electron chi connectivity index (χ4n) is 1.59. The minimum absolute atomic E-state index is 0.613. The average Bonchev–Trinajstić information content (AvgIpc) is 2.48. The summed E-state index contributed by atoms with van der Waals surface area (Å²) >= 11 is 0. The molecule has 6 nitrogen and oxygen atoms in total. The molecule has 1 aromatic carbocycles. The molecule has 1 rings (SSSR count). The molecule has 0 saturated carbocycles. The Morgan fingerprint density at radius 3 is 2.38 bits per heavy atom. The molecule has 0 spiro atoms. The first-order valence-corrected chi connectivity index (χ1v) is 7.08. The Hall–Kier alpha value is -2.24. The molecule has 2 amide bonds. The second kappa shape index (κ2) is 8.84. The van der Waals surface area contributed by atoms with E-state index in [1.54, 1.807) is 6.92 Å². The molecule has 0 unspecified atom stereocenters. The number of nitrogens with two attached hydrogens (primary N) is 1. The first-order valence-electron chi connectivity index (χ1n) is 7.08. The maximum absolute atomic E-state index is 10.7. The standard InChI is InChI=1S/C15H23N3O3/c1-4-8-20-13-7-6-12(10-14(13)21-9-5-2)11(3)17-18-15(16)19/h6-7,10H,4-5,8-9H2,1-3H3,(H3,16,18,19). The van der Waals surface area contributed by atoms with Gasteiger partial charge in [-0.05, 0) is 38.0 Å². The molecule has 0 aliphatic rings. The van der Waals surface area contributed by atoms with E-state index in [1.165, 1.54) is 0 Å². The highest BCUT2D eigenvalue weighted by atomic mass is 16.5. The van der Waals surface area contributed by atoms with Crippen LogP contribution in [-0.2, 0) is 0 Å². The van der Waals surface area contributed by atoms with Gasteiger partial charge in [-0.2, -0.15) is 5.10 Å². The Morgan fingerprint density at radius 2 is 1.81 bits per heavy atom. The Balaban J connectivity index is 2.96. The Labute approximate surface area is 125 Å². The number of primary amides is 1. The van der Waals surface area contributed by atoms with Gasteiger partial charge < -0.3 is 15.2 Å². The number of amides is 2. The van der Waals surface area contributed by atoms with Gasteiger partial charge in [-0.25, -0.2) is 10.2 Å². The first-order chi connectivity index (χ1) is 10.1. The molecule has 0 aliphatic heterocycles. The molecule has 0 radical (unpaired) electrons. The van der Waals surface area contributed by atoms with Gasteiger partial charge in [0, 0.05) is 5.56 Å². The molecular formula is C15H23N3O3. The van der Waals surface area contributed by atoms with Crippen LogP contribution in [0.2, 0.25) is 0 Å². The second-order valence-corrected chi connectivity index (χ2v) is 4.53. The molecule has 0 bridgehead atoms. The summed E-state index contributed by atoms with van der Waals surface area (Å²) < 4.78 is 11.4. The molecule has 0 atom stereocenters. The highest BCUT2D eigenvalue weighted by Gasteiger charge is 2.08. The lowest BCUT2D eigenvalue weighted by Gasteiger charge is -2.13. The zero-order chi connectivity index (χ0) is 15.7. The van der Waals surface area contributed by atoms with Gasteiger partial charge in [-0.15, -0.1) is 0 Å². The van der Waals surface area contributed by atoms with E-state index >= 15 is 0 Å². The summed E-state index contributed by atoms with van der Waals surface area (Å²) in [5.74, 6) is 1.39. The summed E-state index contributed by atoms with van der Waals surface area (Å²) in [7, 11) is 0. The molecular weight excluding hydrogens is 270 g/mol. The maximum atomic E-state index is 10.7. The van der Waals surface area contributed by atoms with Crippen LogP contribution >= 0.6 is 0 Å². The van der Waals surface area contributed by atoms with E-state index in [4.69, 9.17) is 15.2 Å². The van der Waals surface area contributed by atoms with Gasteiger partial charge in [-0.1, -0.05) is 13.8 Å². The number of carbonyl (C=O) groups is 1. The van der Waals surface area contributed by atoms with Gasteiger partial charge >= 0.3 is 6.03 Å². The summed E-state index contributed by atoms with van der Waals surface area (Å²) in [6.07, 6.45) is 1.84. The van der Waals surface area contributed by atoms with E-state index in [0.717, 1.165) is 18.4 Å². The Morgan fingerprint density at radius 1 is 1.19 bits per heavy atom. The number of ether oxygens (including phenoxy) is 2. The third-order valence-electron chi connectivity index (χ3n) is 2.62. The van der Waals surface area contributed by atoms with Crippen molar-refractivity contribution in [2.45, 2.75) is 33.6 Å². The van der Waals surface area contributed by atoms with Crippen LogP contribution in [0.1, 0.15) is 39.2 Å². The van der Waals surface area contributed by atoms with Crippen molar-refractivity contribution < 1.29 is 14.3 Å². The maximum Gasteiger partial charge on any atom is 0.332 e. The van der Waals surface area contributed by atoms with Gasteiger partial charge in [0.25, 0.3) is 0 Å². The predicted molar refractivity (Wildman–Crippen MR) is 82.9 cm³/mol. The van der Waals surface area contributed by atoms with E-state index in [2.05, 4.69) is 10.5 Å². The first kappa shape index (κ1) is 16.8. The van der Waals surface area contributed by atoms with Crippen LogP contribution in [0.3, 0.4) is 0 Å². The number of hydrogen-bond acceptors (Lipinski definition) is 4. The van der Waals surface area contributed by atoms with Crippen molar-refractivity contribution in [1.82, 2.24) is 5.43 Å². The molecule has 0 heterocycles. The monoisotopic (exact) mass is 293 g/mol. The van der Waals surface area contributed by atoms with E-state index in [-0.39, 0.29) is 0 Å². The number of urea groups is 1. The van der Waals surface area contributed by atoms with Gasteiger partial charge in [0.2, 0.25) is 0 Å². The van der Waals surface area contributed by atoms with E-state index in [0.29, 0.717) is 30.4 Å². The normalized spacial score (nSPS) is 11.1. The number of carbonyl (C=O) groups excluding carboxylic acids is 1. The minimum atomic E-state index is -0.695. The van der Waals surface area contributed by atoms with Crippen LogP contribution in [0.15, 0.2) is 23.3 Å². The van der Waals surface area contributed by atoms with Crippen LogP contribution < -0.4 is 20.6 Å². The summed E-state index contributed by atoms with van der Waals surface area (Å²) in [4.78, 5) is 10.7. The lowest BCUT2D eigenvalue weighted by Crippen LogP contribution is -2.25. The number of hydrogen-bond donors (Lipinski definition) is 2. The fraction of sp³-hybridized carbons (Fsp3) is 0.467. The summed E-state index contributed by atoms with van der Waals surface area (Å²) in [5.41, 5.74) is 8.67. The number of benzene rings is 1. The third kappa shape index (κ3) is 5.72. The highest BCUT2D eigenvalue weighted by Crippen LogP contribution is 2.29. The average molecular weight is 293 g/mol. The summed E-state index contributed by atoms with van der Waals surface area (Å²) in [6.45, 7) is 7.12. The van der Waals surface area contributed by atoms with Crippen molar-refractivity contribution in [3.05, 3.63) is 23.8 Å².